The van der Waals surface area contributed by atoms with E-state index < -0.39 is 18.2 Å². The van der Waals surface area contributed by atoms with Gasteiger partial charge in [0.05, 0.1) is 19.3 Å². The predicted octanol–water partition coefficient (Wildman–Crippen LogP) is 0.717. The number of hydrogen-bond acceptors (Lipinski definition) is 4. The molecule has 6 heteroatoms. The molecule has 1 aromatic carbocycles. The molecule has 0 saturated carbocycles. The molecular weight excluding hydrogens is 277 g/mol. The van der Waals surface area contributed by atoms with Crippen LogP contribution in [0.3, 0.4) is 0 Å². The van der Waals surface area contributed by atoms with E-state index in [1.54, 1.807) is 13.8 Å². The Morgan fingerprint density at radius 2 is 2.14 bits per heavy atom. The lowest BCUT2D eigenvalue weighted by atomic mass is 10.0. The number of carbonyl (C=O) groups excluding carboxylic acids is 1. The minimum absolute atomic E-state index is 0.0546. The molecule has 2 rings (SSSR count). The number of hydrogen-bond donors (Lipinski definition) is 2. The van der Waals surface area contributed by atoms with Crippen molar-refractivity contribution in [3.05, 3.63) is 35.1 Å². The molecule has 116 valence electrons. The number of nitrogens with zero attached hydrogens (tertiary/aromatic N) is 1. The molecule has 0 bridgehead atoms. The summed E-state index contributed by atoms with van der Waals surface area (Å²) in [5.41, 5.74) is 0.736. The molecule has 1 heterocycles. The highest BCUT2D eigenvalue weighted by Crippen LogP contribution is 2.19. The zero-order chi connectivity index (χ0) is 15.6. The molecule has 0 unspecified atom stereocenters. The Labute approximate surface area is 122 Å². The predicted molar refractivity (Wildman–Crippen MR) is 74.5 cm³/mol. The maximum atomic E-state index is 13.3. The third-order valence-electron chi connectivity index (χ3n) is 3.77. The molecule has 21 heavy (non-hydrogen) atoms. The van der Waals surface area contributed by atoms with Crippen molar-refractivity contribution in [3.8, 4) is 0 Å². The fraction of sp³-hybridized carbons (Fsp3) is 0.533. The first kappa shape index (κ1) is 15.9. The van der Waals surface area contributed by atoms with Gasteiger partial charge in [-0.15, -0.1) is 0 Å². The summed E-state index contributed by atoms with van der Waals surface area (Å²) in [6, 6.07) is 3.53. The van der Waals surface area contributed by atoms with Crippen LogP contribution in [0.2, 0.25) is 0 Å². The van der Waals surface area contributed by atoms with E-state index in [-0.39, 0.29) is 24.9 Å². The maximum absolute atomic E-state index is 13.3. The van der Waals surface area contributed by atoms with E-state index in [2.05, 4.69) is 0 Å². The van der Waals surface area contributed by atoms with E-state index in [4.69, 9.17) is 4.74 Å². The van der Waals surface area contributed by atoms with Crippen LogP contribution >= 0.6 is 0 Å². The van der Waals surface area contributed by atoms with Gasteiger partial charge in [-0.05, 0) is 37.6 Å². The van der Waals surface area contributed by atoms with Crippen LogP contribution in [0, 0.1) is 12.7 Å². The summed E-state index contributed by atoms with van der Waals surface area (Å²) in [6.45, 7) is 3.94. The lowest BCUT2D eigenvalue weighted by molar-refractivity contribution is -0.125. The van der Waals surface area contributed by atoms with Gasteiger partial charge < -0.3 is 19.8 Å². The normalized spacial score (nSPS) is 25.7. The number of likely N-dealkylation sites (N-methyl/N-ethyl adjacent to an activating group) is 1. The molecule has 1 saturated heterocycles. The van der Waals surface area contributed by atoms with E-state index in [1.807, 2.05) is 0 Å². The number of aliphatic hydroxyl groups is 2. The number of rotatable bonds is 3. The molecule has 2 N–H and O–H groups in total. The van der Waals surface area contributed by atoms with Gasteiger partial charge in [0.2, 0.25) is 0 Å². The first-order valence-electron chi connectivity index (χ1n) is 6.96. The fourth-order valence-electron chi connectivity index (χ4n) is 2.51. The quantitative estimate of drug-likeness (QED) is 0.862. The molecule has 0 spiro atoms. The molecule has 0 radical (unpaired) electrons. The minimum atomic E-state index is -1.05. The van der Waals surface area contributed by atoms with Gasteiger partial charge in [-0.1, -0.05) is 0 Å². The van der Waals surface area contributed by atoms with Crippen molar-refractivity contribution in [1.82, 2.24) is 4.90 Å². The maximum Gasteiger partial charge on any atom is 0.254 e. The second-order valence-electron chi connectivity index (χ2n) is 5.22. The number of ether oxygens (including phenoxy) is 1. The van der Waals surface area contributed by atoms with Crippen molar-refractivity contribution in [3.63, 3.8) is 0 Å². The lowest BCUT2D eigenvalue weighted by Gasteiger charge is -2.39. The van der Waals surface area contributed by atoms with Gasteiger partial charge in [0.1, 0.15) is 18.0 Å². The third kappa shape index (κ3) is 3.23. The average molecular weight is 297 g/mol. The van der Waals surface area contributed by atoms with Gasteiger partial charge in [-0.2, -0.15) is 0 Å². The molecule has 1 aliphatic rings. The average Bonchev–Trinajstić information content (AvgIpc) is 2.47. The zero-order valence-electron chi connectivity index (χ0n) is 12.1. The monoisotopic (exact) mass is 297 g/mol. The SMILES string of the molecule is CCN(C(=O)c1ccc(F)c(C)c1)[C@@H]1COC[C@@H](O)[C@H]1O. The van der Waals surface area contributed by atoms with Crippen LogP contribution in [0.15, 0.2) is 18.2 Å². The van der Waals surface area contributed by atoms with Crippen molar-refractivity contribution in [1.29, 1.82) is 0 Å². The summed E-state index contributed by atoms with van der Waals surface area (Å²) in [7, 11) is 0. The minimum Gasteiger partial charge on any atom is -0.388 e. The number of carbonyl (C=O) groups is 1. The first-order valence-corrected chi connectivity index (χ1v) is 6.96. The standard InChI is InChI=1S/C15H20FNO4/c1-3-17(12-7-21-8-13(18)14(12)19)15(20)10-4-5-11(16)9(2)6-10/h4-6,12-14,18-19H,3,7-8H2,1-2H3/t12-,13-,14+/m1/s1. The summed E-state index contributed by atoms with van der Waals surface area (Å²) in [6.07, 6.45) is -2.07. The Bertz CT molecular complexity index is 522. The lowest BCUT2D eigenvalue weighted by Crippen LogP contribution is -2.57. The number of benzene rings is 1. The smallest absolute Gasteiger partial charge is 0.254 e. The first-order chi connectivity index (χ1) is 9.95. The van der Waals surface area contributed by atoms with E-state index in [9.17, 15) is 19.4 Å². The highest BCUT2D eigenvalue weighted by Gasteiger charge is 2.37. The summed E-state index contributed by atoms with van der Waals surface area (Å²) >= 11 is 0. The third-order valence-corrected chi connectivity index (χ3v) is 3.77. The van der Waals surface area contributed by atoms with Gasteiger partial charge in [-0.25, -0.2) is 4.39 Å². The van der Waals surface area contributed by atoms with Crippen molar-refractivity contribution >= 4 is 5.91 Å². The Kier molecular flexibility index (Phi) is 4.92. The summed E-state index contributed by atoms with van der Waals surface area (Å²) < 4.78 is 18.5. The Balaban J connectivity index is 2.23. The van der Waals surface area contributed by atoms with Crippen LogP contribution < -0.4 is 0 Å². The summed E-state index contributed by atoms with van der Waals surface area (Å²) in [5, 5.41) is 19.7. The Morgan fingerprint density at radius 3 is 2.76 bits per heavy atom. The number of aryl methyl sites for hydroxylation is 1. The van der Waals surface area contributed by atoms with Crippen LogP contribution in [-0.2, 0) is 4.74 Å². The Morgan fingerprint density at radius 1 is 1.43 bits per heavy atom. The Hall–Kier alpha value is -1.50. The van der Waals surface area contributed by atoms with Crippen LogP contribution in [0.25, 0.3) is 0 Å². The van der Waals surface area contributed by atoms with E-state index in [0.717, 1.165) is 0 Å². The van der Waals surface area contributed by atoms with Crippen LogP contribution in [0.4, 0.5) is 4.39 Å². The largest absolute Gasteiger partial charge is 0.388 e. The van der Waals surface area contributed by atoms with Crippen molar-refractivity contribution in [2.75, 3.05) is 19.8 Å². The zero-order valence-corrected chi connectivity index (χ0v) is 12.1. The van der Waals surface area contributed by atoms with Crippen LogP contribution in [-0.4, -0.2) is 59.0 Å². The van der Waals surface area contributed by atoms with E-state index in [1.165, 1.54) is 23.1 Å². The van der Waals surface area contributed by atoms with Crippen LogP contribution in [0.1, 0.15) is 22.8 Å². The molecule has 3 atom stereocenters. The molecule has 0 aliphatic carbocycles. The van der Waals surface area contributed by atoms with Gasteiger partial charge in [0.25, 0.3) is 5.91 Å². The molecule has 1 amide bonds. The second-order valence-corrected chi connectivity index (χ2v) is 5.22. The van der Waals surface area contributed by atoms with E-state index in [0.29, 0.717) is 17.7 Å². The molecule has 1 fully saturated rings. The van der Waals surface area contributed by atoms with Crippen molar-refractivity contribution < 1.29 is 24.1 Å². The molecule has 0 aromatic heterocycles. The van der Waals surface area contributed by atoms with Gasteiger partial charge in [0.15, 0.2) is 0 Å². The van der Waals surface area contributed by atoms with Gasteiger partial charge in [0, 0.05) is 12.1 Å². The topological polar surface area (TPSA) is 70.0 Å². The molecular formula is C15H20FNO4. The number of aliphatic hydroxyl groups excluding tert-OH is 2. The van der Waals surface area contributed by atoms with Crippen LogP contribution in [0.5, 0.6) is 0 Å². The summed E-state index contributed by atoms with van der Waals surface area (Å²) in [5.74, 6) is -0.687. The van der Waals surface area contributed by atoms with Crippen molar-refractivity contribution in [2.24, 2.45) is 0 Å². The summed E-state index contributed by atoms with van der Waals surface area (Å²) in [4.78, 5) is 14.0. The molecule has 5 nitrogen and oxygen atoms in total. The van der Waals surface area contributed by atoms with Gasteiger partial charge >= 0.3 is 0 Å². The van der Waals surface area contributed by atoms with Crippen molar-refractivity contribution in [2.45, 2.75) is 32.1 Å². The molecule has 1 aromatic rings. The van der Waals surface area contributed by atoms with E-state index >= 15 is 0 Å². The number of amides is 1. The second kappa shape index (κ2) is 6.51. The van der Waals surface area contributed by atoms with Gasteiger partial charge in [-0.3, -0.25) is 4.79 Å². The molecule has 1 aliphatic heterocycles. The highest BCUT2D eigenvalue weighted by molar-refractivity contribution is 5.94. The number of halogens is 1. The fourth-order valence-corrected chi connectivity index (χ4v) is 2.51. The highest BCUT2D eigenvalue weighted by atomic mass is 19.1.